The van der Waals surface area contributed by atoms with Gasteiger partial charge in [-0.05, 0) is 113 Å². The average molecular weight is 819 g/mol. The number of benzene rings is 2. The number of fused-ring (bicyclic) bond motifs is 2. The molecule has 14 heteroatoms. The van der Waals surface area contributed by atoms with Crippen LogP contribution in [0.15, 0.2) is 53.5 Å². The number of H-pyrrole nitrogens is 1. The van der Waals surface area contributed by atoms with Crippen LogP contribution in [0, 0.1) is 6.92 Å². The number of piperazine rings is 1. The number of hydrogen-bond donors (Lipinski definition) is 2. The van der Waals surface area contributed by atoms with E-state index in [4.69, 9.17) is 10.5 Å². The van der Waals surface area contributed by atoms with Crippen molar-refractivity contribution in [3.63, 3.8) is 0 Å². The maximum Gasteiger partial charge on any atom is 0.507 e. The molecule has 13 nitrogen and oxygen atoms in total. The van der Waals surface area contributed by atoms with Crippen LogP contribution in [-0.2, 0) is 55.4 Å². The topological polar surface area (TPSA) is 141 Å². The molecule has 0 unspecified atom stereocenters. The molecule has 2 aromatic carbocycles. The number of nitrogens with one attached hydrogen (secondary N) is 1. The smallest absolute Gasteiger partial charge is 0.507 e. The summed E-state index contributed by atoms with van der Waals surface area (Å²) in [6.45, 7) is 16.0. The van der Waals surface area contributed by atoms with Crippen LogP contribution in [0.4, 0.5) is 4.79 Å². The number of aromatic amines is 1. The Hall–Kier alpha value is -3.20. The van der Waals surface area contributed by atoms with Gasteiger partial charge in [-0.25, -0.2) is 9.48 Å². The monoisotopic (exact) mass is 818 g/mol. The van der Waals surface area contributed by atoms with Crippen molar-refractivity contribution in [2.24, 2.45) is 0 Å². The van der Waals surface area contributed by atoms with Crippen LogP contribution in [0.25, 0.3) is 27.2 Å². The van der Waals surface area contributed by atoms with Crippen LogP contribution in [-0.4, -0.2) is 124 Å². The van der Waals surface area contributed by atoms with E-state index in [9.17, 15) is 14.4 Å². The van der Waals surface area contributed by atoms with Gasteiger partial charge in [0.25, 0.3) is 5.56 Å². The predicted molar refractivity (Wildman–Crippen MR) is 209 cm³/mol. The second-order valence-corrected chi connectivity index (χ2v) is 14.3. The molecule has 3 aliphatic heterocycles. The minimum atomic E-state index is -1.32. The molecule has 3 fully saturated rings. The van der Waals surface area contributed by atoms with Crippen LogP contribution < -0.4 is 5.56 Å². The molecule has 4 aromatic rings. The van der Waals surface area contributed by atoms with E-state index in [0.29, 0.717) is 0 Å². The zero-order valence-corrected chi connectivity index (χ0v) is 35.5. The van der Waals surface area contributed by atoms with E-state index < -0.39 is 6.16 Å². The van der Waals surface area contributed by atoms with Crippen molar-refractivity contribution in [3.05, 3.63) is 81.1 Å². The van der Waals surface area contributed by atoms with Gasteiger partial charge in [-0.3, -0.25) is 14.5 Å². The number of ether oxygens (including phenoxy) is 1. The van der Waals surface area contributed by atoms with Crippen molar-refractivity contribution >= 4 is 34.4 Å². The number of hydrogen-bond acceptors (Lipinski definition) is 8. The number of amides is 1. The minimum absolute atomic E-state index is 0. The maximum atomic E-state index is 12.7. The third-order valence-electron chi connectivity index (χ3n) is 10.5. The van der Waals surface area contributed by atoms with Gasteiger partial charge in [0.15, 0.2) is 6.73 Å². The van der Waals surface area contributed by atoms with Crippen molar-refractivity contribution in [1.82, 2.24) is 34.5 Å². The quantitative estimate of drug-likeness (QED) is 0.158. The Morgan fingerprint density at radius 3 is 2.35 bits per heavy atom. The van der Waals surface area contributed by atoms with Crippen molar-refractivity contribution in [1.29, 1.82) is 0 Å². The first-order chi connectivity index (χ1) is 25.6. The number of likely N-dealkylation sites (tertiary alicyclic amines) is 1. The molecular weight excluding hydrogens is 761 g/mol. The summed E-state index contributed by atoms with van der Waals surface area (Å²) < 4.78 is 6.11. The Kier molecular flexibility index (Phi) is 17.1. The number of carbonyl (C=O) groups excluding carboxylic acids is 1. The molecule has 1 radical (unpaired) electrons. The first kappa shape index (κ1) is 43.5. The number of carboxylic acid groups (broad SMARTS) is 1. The summed E-state index contributed by atoms with van der Waals surface area (Å²) in [6, 6.07) is 15.0. The first-order valence-corrected chi connectivity index (χ1v) is 19.2. The molecule has 0 saturated carbocycles. The Bertz CT molecular complexity index is 1840. The summed E-state index contributed by atoms with van der Waals surface area (Å²) in [5, 5.41) is 17.3. The molecule has 1 amide bonds. The fraction of sp³-hybridized carbons (Fsp3) is 0.550. The number of carbonyl (C=O) groups is 2. The van der Waals surface area contributed by atoms with Gasteiger partial charge in [-0.1, -0.05) is 45.0 Å². The number of piperidine rings is 2. The van der Waals surface area contributed by atoms with E-state index in [1.165, 1.54) is 30.6 Å². The van der Waals surface area contributed by atoms with E-state index in [1.54, 1.807) is 6.20 Å². The van der Waals surface area contributed by atoms with Gasteiger partial charge in [0, 0.05) is 87.6 Å². The second kappa shape index (κ2) is 21.2. The summed E-state index contributed by atoms with van der Waals surface area (Å²) in [5.74, 6) is 0.242. The fourth-order valence-electron chi connectivity index (χ4n) is 7.73. The zero-order valence-electron chi connectivity index (χ0n) is 32.6. The molecule has 0 aliphatic carbocycles. The Labute approximate surface area is 344 Å². The third-order valence-corrected chi connectivity index (χ3v) is 10.5. The van der Waals surface area contributed by atoms with E-state index in [1.807, 2.05) is 56.0 Å². The first-order valence-electron chi connectivity index (χ1n) is 19.2. The average Bonchev–Trinajstić information content (AvgIpc) is 3.59. The zero-order chi connectivity index (χ0) is 37.9. The fourth-order valence-corrected chi connectivity index (χ4v) is 7.73. The molecule has 3 saturated heterocycles. The molecule has 7 rings (SSSR count). The van der Waals surface area contributed by atoms with Crippen molar-refractivity contribution < 1.29 is 52.1 Å². The van der Waals surface area contributed by atoms with Crippen LogP contribution in [0.3, 0.4) is 0 Å². The molecular formula is C40H57N8O5Y-. The van der Waals surface area contributed by atoms with Crippen molar-refractivity contribution in [2.45, 2.75) is 84.5 Å². The Balaban J connectivity index is 0.000000302. The third kappa shape index (κ3) is 11.9. The number of aryl methyl sites for hydroxylation is 1. The summed E-state index contributed by atoms with van der Waals surface area (Å²) in [6.07, 6.45) is 6.63. The van der Waals surface area contributed by atoms with Gasteiger partial charge >= 0.3 is 6.16 Å². The van der Waals surface area contributed by atoms with Crippen LogP contribution in [0.5, 0.6) is 0 Å². The van der Waals surface area contributed by atoms with Gasteiger partial charge in [0.2, 0.25) is 6.41 Å². The second-order valence-electron chi connectivity index (χ2n) is 14.3. The molecule has 54 heavy (non-hydrogen) atoms. The molecule has 5 heterocycles. The summed E-state index contributed by atoms with van der Waals surface area (Å²) in [4.78, 5) is 43.8. The number of nitrogens with zero attached hydrogens (tertiary/aromatic N) is 7. The van der Waals surface area contributed by atoms with Gasteiger partial charge in [0.1, 0.15) is 0 Å². The van der Waals surface area contributed by atoms with Crippen LogP contribution in [0.2, 0.25) is 0 Å². The molecule has 1 atom stereocenters. The Morgan fingerprint density at radius 2 is 1.69 bits per heavy atom. The summed E-state index contributed by atoms with van der Waals surface area (Å²) >= 11 is 0. The van der Waals surface area contributed by atoms with E-state index >= 15 is 0 Å². The number of rotatable bonds is 9. The molecule has 2 N–H and O–H groups in total. The van der Waals surface area contributed by atoms with Gasteiger partial charge < -0.3 is 35.1 Å². The van der Waals surface area contributed by atoms with Gasteiger partial charge in [-0.15, -0.1) is 6.04 Å². The number of pyridine rings is 1. The summed E-state index contributed by atoms with van der Waals surface area (Å²) in [7, 11) is 2.19. The molecule has 2 aromatic heterocycles. The molecule has 0 spiro atoms. The van der Waals surface area contributed by atoms with Crippen molar-refractivity contribution in [2.75, 3.05) is 59.4 Å². The number of aromatic nitrogens is 3. The minimum Gasteiger partial charge on any atom is -0.592 e. The molecule has 3 aliphatic rings. The van der Waals surface area contributed by atoms with Crippen LogP contribution in [0.1, 0.15) is 69.1 Å². The standard InChI is InChI=1S/C27H30N5O4.C11H21N3O.C2H6.Y/c1-17-11-19(13-22-15-32(30-25(17)22)16-36-27(34)35)12-18(2)29-31-9-7-20(8-10-31)23-14-21-5-3-4-6-24(21)28-26(23)33;1-12-4-2-11(3-5-12)14-8-6-13(10-15)7-9-14;1-2;/h3-6,11,13-15,18,20H,7-10,12,16H2,1-2H3,(H,28,33)(H,34,35);10-11H,2-9H2,1H3;1-2H3;/q-1;;;/t18-;;;/m0.../s1. The maximum absolute atomic E-state index is 12.7. The Morgan fingerprint density at radius 1 is 1.00 bits per heavy atom. The van der Waals surface area contributed by atoms with E-state index in [0.717, 1.165) is 109 Å². The van der Waals surface area contributed by atoms with Crippen LogP contribution >= 0.6 is 0 Å². The predicted octanol–water partition coefficient (Wildman–Crippen LogP) is 5.82. The van der Waals surface area contributed by atoms with E-state index in [2.05, 4.69) is 55.7 Å². The SMILES string of the molecule is CC.CN1CCC(N2CCN(C=O)CC2)CC1.Cc1cc(C[C@H](C)[N-]N2CCC(c3cc4ccccc4[nH]c3=O)CC2)cc2cn(COC(=O)O)nc12.[Y]. The normalized spacial score (nSPS) is 18.2. The summed E-state index contributed by atoms with van der Waals surface area (Å²) in [5.41, 5.74) is 9.73. The number of para-hydroxylation sites is 1. The largest absolute Gasteiger partial charge is 0.592 e. The van der Waals surface area contributed by atoms with Crippen molar-refractivity contribution in [3.8, 4) is 0 Å². The van der Waals surface area contributed by atoms with E-state index in [-0.39, 0.29) is 57.0 Å². The van der Waals surface area contributed by atoms with Gasteiger partial charge in [-0.2, -0.15) is 5.10 Å². The molecule has 291 valence electrons. The molecule has 0 bridgehead atoms. The van der Waals surface area contributed by atoms with Gasteiger partial charge in [0.05, 0.1) is 5.52 Å².